The van der Waals surface area contributed by atoms with Gasteiger partial charge in [-0.05, 0) is 51.5 Å². The van der Waals surface area contributed by atoms with Crippen LogP contribution in [0.25, 0.3) is 0 Å². The highest BCUT2D eigenvalue weighted by atomic mass is 32.1. The molecule has 120 valence electrons. The molecule has 0 aliphatic heterocycles. The maximum atomic E-state index is 6.35. The van der Waals surface area contributed by atoms with Crippen LogP contribution in [0, 0.1) is 5.92 Å². The predicted molar refractivity (Wildman–Crippen MR) is 89.9 cm³/mol. The Labute approximate surface area is 133 Å². The Morgan fingerprint density at radius 1 is 1.43 bits per heavy atom. The van der Waals surface area contributed by atoms with Crippen molar-refractivity contribution < 1.29 is 4.74 Å². The number of hydrogen-bond donors (Lipinski definition) is 1. The second-order valence-corrected chi connectivity index (χ2v) is 7.33. The molecule has 0 bridgehead atoms. The van der Waals surface area contributed by atoms with Crippen molar-refractivity contribution >= 4 is 11.3 Å². The van der Waals surface area contributed by atoms with Gasteiger partial charge in [0, 0.05) is 30.1 Å². The lowest BCUT2D eigenvalue weighted by atomic mass is 9.74. The van der Waals surface area contributed by atoms with E-state index in [1.807, 2.05) is 11.7 Å². The lowest BCUT2D eigenvalue weighted by Crippen LogP contribution is -2.55. The monoisotopic (exact) mass is 310 g/mol. The van der Waals surface area contributed by atoms with Crippen LogP contribution in [0.15, 0.2) is 11.7 Å². The SMILES string of the molecule is CCCNC(Cc1cncs1)C1(OCC)CCC(C)CC1. The number of rotatable bonds is 8. The summed E-state index contributed by atoms with van der Waals surface area (Å²) < 4.78 is 6.35. The highest BCUT2D eigenvalue weighted by Gasteiger charge is 2.41. The molecule has 0 saturated heterocycles. The zero-order valence-corrected chi connectivity index (χ0v) is 14.5. The molecule has 0 spiro atoms. The van der Waals surface area contributed by atoms with E-state index in [-0.39, 0.29) is 5.60 Å². The first-order valence-electron chi connectivity index (χ1n) is 8.45. The minimum absolute atomic E-state index is 0.0143. The van der Waals surface area contributed by atoms with Crippen LogP contribution in [0.4, 0.5) is 0 Å². The molecule has 1 fully saturated rings. The van der Waals surface area contributed by atoms with Crippen LogP contribution in [0.5, 0.6) is 0 Å². The van der Waals surface area contributed by atoms with Crippen LogP contribution in [-0.2, 0) is 11.2 Å². The minimum atomic E-state index is 0.0143. The molecule has 1 saturated carbocycles. The quantitative estimate of drug-likeness (QED) is 0.787. The van der Waals surface area contributed by atoms with E-state index in [1.54, 1.807) is 11.3 Å². The van der Waals surface area contributed by atoms with E-state index in [0.29, 0.717) is 6.04 Å². The molecule has 1 atom stereocenters. The van der Waals surface area contributed by atoms with Crippen LogP contribution in [-0.4, -0.2) is 29.8 Å². The number of nitrogens with one attached hydrogen (secondary N) is 1. The summed E-state index contributed by atoms with van der Waals surface area (Å²) in [5.74, 6) is 0.841. The molecular weight excluding hydrogens is 280 g/mol. The van der Waals surface area contributed by atoms with E-state index in [9.17, 15) is 0 Å². The van der Waals surface area contributed by atoms with Gasteiger partial charge in [0.25, 0.3) is 0 Å². The molecule has 1 heterocycles. The number of thiazole rings is 1. The van der Waals surface area contributed by atoms with Crippen molar-refractivity contribution in [3.8, 4) is 0 Å². The molecule has 1 aromatic rings. The third-order valence-electron chi connectivity index (χ3n) is 4.72. The van der Waals surface area contributed by atoms with E-state index >= 15 is 0 Å². The van der Waals surface area contributed by atoms with Gasteiger partial charge in [-0.25, -0.2) is 0 Å². The number of aromatic nitrogens is 1. The van der Waals surface area contributed by atoms with Crippen molar-refractivity contribution in [2.75, 3.05) is 13.2 Å². The molecule has 0 aromatic carbocycles. The summed E-state index contributed by atoms with van der Waals surface area (Å²) in [4.78, 5) is 5.59. The van der Waals surface area contributed by atoms with Crippen LogP contribution in [0.3, 0.4) is 0 Å². The van der Waals surface area contributed by atoms with Gasteiger partial charge in [-0.1, -0.05) is 13.8 Å². The Bertz CT molecular complexity index is 386. The Kier molecular flexibility index (Phi) is 6.65. The molecule has 21 heavy (non-hydrogen) atoms. The Morgan fingerprint density at radius 2 is 2.19 bits per heavy atom. The van der Waals surface area contributed by atoms with Gasteiger partial charge in [-0.3, -0.25) is 4.98 Å². The van der Waals surface area contributed by atoms with Crippen molar-refractivity contribution in [1.29, 1.82) is 0 Å². The molecule has 0 amide bonds. The van der Waals surface area contributed by atoms with Gasteiger partial charge in [0.2, 0.25) is 0 Å². The van der Waals surface area contributed by atoms with Gasteiger partial charge in [-0.2, -0.15) is 0 Å². The van der Waals surface area contributed by atoms with Gasteiger partial charge < -0.3 is 10.1 Å². The zero-order chi connectivity index (χ0) is 15.1. The topological polar surface area (TPSA) is 34.2 Å². The molecule has 3 nitrogen and oxygen atoms in total. The Hall–Kier alpha value is -0.450. The smallest absolute Gasteiger partial charge is 0.0838 e. The fourth-order valence-electron chi connectivity index (χ4n) is 3.44. The van der Waals surface area contributed by atoms with Crippen LogP contribution >= 0.6 is 11.3 Å². The van der Waals surface area contributed by atoms with Crippen molar-refractivity contribution in [2.24, 2.45) is 5.92 Å². The standard InChI is InChI=1S/C17H30N2OS/c1-4-10-19-16(11-15-12-18-13-21-15)17(20-5-2)8-6-14(3)7-9-17/h12-14,16,19H,4-11H2,1-3H3. The number of nitrogens with zero attached hydrogens (tertiary/aromatic N) is 1. The summed E-state index contributed by atoms with van der Waals surface area (Å²) in [6.45, 7) is 8.60. The largest absolute Gasteiger partial charge is 0.374 e. The average molecular weight is 311 g/mol. The van der Waals surface area contributed by atoms with Gasteiger partial charge in [0.15, 0.2) is 0 Å². The molecular formula is C17H30N2OS. The van der Waals surface area contributed by atoms with Gasteiger partial charge in [-0.15, -0.1) is 11.3 Å². The summed E-state index contributed by atoms with van der Waals surface area (Å²) in [5.41, 5.74) is 1.95. The van der Waals surface area contributed by atoms with Crippen molar-refractivity contribution in [1.82, 2.24) is 10.3 Å². The van der Waals surface area contributed by atoms with E-state index in [2.05, 4.69) is 31.1 Å². The predicted octanol–water partition coefficient (Wildman–Crippen LogP) is 4.04. The van der Waals surface area contributed by atoms with E-state index < -0.39 is 0 Å². The van der Waals surface area contributed by atoms with Crippen LogP contribution < -0.4 is 5.32 Å². The van der Waals surface area contributed by atoms with Gasteiger partial charge >= 0.3 is 0 Å². The molecule has 2 rings (SSSR count). The van der Waals surface area contributed by atoms with Gasteiger partial charge in [0.1, 0.15) is 0 Å². The molecule has 1 aliphatic carbocycles. The average Bonchev–Trinajstić information content (AvgIpc) is 2.99. The normalized spacial score (nSPS) is 27.7. The summed E-state index contributed by atoms with van der Waals surface area (Å²) in [6, 6.07) is 0.408. The third-order valence-corrected chi connectivity index (χ3v) is 5.52. The first kappa shape index (κ1) is 16.9. The summed E-state index contributed by atoms with van der Waals surface area (Å²) >= 11 is 1.76. The summed E-state index contributed by atoms with van der Waals surface area (Å²) in [6.07, 6.45) is 9.15. The van der Waals surface area contributed by atoms with Crippen LogP contribution in [0.1, 0.15) is 57.8 Å². The second kappa shape index (κ2) is 8.25. The molecule has 1 aromatic heterocycles. The van der Waals surface area contributed by atoms with E-state index in [4.69, 9.17) is 4.74 Å². The molecule has 0 radical (unpaired) electrons. The second-order valence-electron chi connectivity index (χ2n) is 6.36. The fourth-order valence-corrected chi connectivity index (χ4v) is 4.08. The first-order valence-corrected chi connectivity index (χ1v) is 9.33. The molecule has 1 unspecified atom stereocenters. The lowest BCUT2D eigenvalue weighted by molar-refractivity contribution is -0.0958. The highest BCUT2D eigenvalue weighted by Crippen LogP contribution is 2.38. The van der Waals surface area contributed by atoms with Crippen molar-refractivity contribution in [2.45, 2.75) is 70.9 Å². The summed E-state index contributed by atoms with van der Waals surface area (Å²) in [7, 11) is 0. The maximum absolute atomic E-state index is 6.35. The molecule has 4 heteroatoms. The van der Waals surface area contributed by atoms with E-state index in [1.165, 1.54) is 30.6 Å². The first-order chi connectivity index (χ1) is 10.2. The van der Waals surface area contributed by atoms with Gasteiger partial charge in [0.05, 0.1) is 11.1 Å². The Balaban J connectivity index is 2.13. The van der Waals surface area contributed by atoms with Crippen molar-refractivity contribution in [3.05, 3.63) is 16.6 Å². The third kappa shape index (κ3) is 4.51. The summed E-state index contributed by atoms with van der Waals surface area (Å²) in [5, 5.41) is 3.77. The van der Waals surface area contributed by atoms with E-state index in [0.717, 1.165) is 31.9 Å². The van der Waals surface area contributed by atoms with Crippen molar-refractivity contribution in [3.63, 3.8) is 0 Å². The Morgan fingerprint density at radius 3 is 2.76 bits per heavy atom. The lowest BCUT2D eigenvalue weighted by Gasteiger charge is -2.45. The number of hydrogen-bond acceptors (Lipinski definition) is 4. The number of ether oxygens (including phenoxy) is 1. The minimum Gasteiger partial charge on any atom is -0.374 e. The zero-order valence-electron chi connectivity index (χ0n) is 13.7. The fraction of sp³-hybridized carbons (Fsp3) is 0.824. The maximum Gasteiger partial charge on any atom is 0.0838 e. The molecule has 1 aliphatic rings. The highest BCUT2D eigenvalue weighted by molar-refractivity contribution is 7.09. The molecule has 1 N–H and O–H groups in total. The van der Waals surface area contributed by atoms with Crippen LogP contribution in [0.2, 0.25) is 0 Å².